The van der Waals surface area contributed by atoms with Crippen LogP contribution in [0.2, 0.25) is 5.15 Å². The van der Waals surface area contributed by atoms with Crippen molar-refractivity contribution in [2.45, 2.75) is 105 Å². The number of likely N-dealkylation sites (tertiary alicyclic amines) is 2. The first-order chi connectivity index (χ1) is 55.7. The van der Waals surface area contributed by atoms with E-state index in [1.165, 1.54) is 76.7 Å². The van der Waals surface area contributed by atoms with Crippen LogP contribution in [0.1, 0.15) is 105 Å². The summed E-state index contributed by atoms with van der Waals surface area (Å²) in [6, 6.07) is 32.9. The summed E-state index contributed by atoms with van der Waals surface area (Å²) >= 11 is 14.6. The van der Waals surface area contributed by atoms with Crippen molar-refractivity contribution in [3.63, 3.8) is 0 Å². The van der Waals surface area contributed by atoms with Gasteiger partial charge in [0.15, 0.2) is 5.82 Å². The maximum Gasteiger partial charge on any atom is 0.499 e. The molecule has 0 bridgehead atoms. The Bertz CT molecular complexity index is 4960. The van der Waals surface area contributed by atoms with Gasteiger partial charge in [0, 0.05) is 136 Å². The molecule has 3 aliphatic heterocycles. The molecule has 9 aromatic heterocycles. The number of alkyl halides is 3. The quantitative estimate of drug-likeness (QED) is 0.0307. The number of hydrogen-bond acceptors (Lipinski definition) is 31. The Morgan fingerprint density at radius 3 is 1.42 bits per heavy atom. The number of nitrogen functional groups attached to an aromatic ring is 2. The number of para-hydroxylation sites is 1. The number of carbonyl (C=O) groups is 6. The molecular formula is C75H82BCl2F3N18O17S3. The molecule has 35 nitrogen and oxygen atoms in total. The molecule has 119 heavy (non-hydrogen) atoms. The van der Waals surface area contributed by atoms with Crippen molar-refractivity contribution in [3.05, 3.63) is 234 Å². The smallest absolute Gasteiger partial charge is 0.444 e. The van der Waals surface area contributed by atoms with E-state index in [2.05, 4.69) is 49.6 Å². The van der Waals surface area contributed by atoms with Crippen LogP contribution in [0.25, 0.3) is 26.7 Å². The molecule has 12 heterocycles. The minimum atomic E-state index is -4.80. The van der Waals surface area contributed by atoms with Gasteiger partial charge in [0.25, 0.3) is 0 Å². The van der Waals surface area contributed by atoms with Crippen LogP contribution in [0.4, 0.5) is 62.1 Å². The molecule has 2 fully saturated rings. The third kappa shape index (κ3) is 32.5. The van der Waals surface area contributed by atoms with Crippen LogP contribution in [0.5, 0.6) is 5.75 Å². The van der Waals surface area contributed by atoms with E-state index in [0.717, 1.165) is 46.3 Å². The number of pyridine rings is 3. The lowest BCUT2D eigenvalue weighted by atomic mass is 9.90. The normalized spacial score (nSPS) is 13.6. The van der Waals surface area contributed by atoms with Gasteiger partial charge in [-0.3, -0.25) is 44.7 Å². The van der Waals surface area contributed by atoms with E-state index in [1.807, 2.05) is 82.6 Å². The molecule has 2 atom stereocenters. The molecule has 2 saturated heterocycles. The Kier molecular flexibility index (Phi) is 37.9. The number of nitrogens with zero attached hydrogens (tertiary/aromatic N) is 16. The fraction of sp³-hybridized carbons (Fsp3) is 0.293. The van der Waals surface area contributed by atoms with Crippen molar-refractivity contribution in [2.75, 3.05) is 55.6 Å². The molecule has 5 amide bonds. The molecule has 10 aromatic rings. The number of halogens is 5. The van der Waals surface area contributed by atoms with E-state index in [4.69, 9.17) is 54.2 Å². The Hall–Kier alpha value is -12.5. The minimum absolute atomic E-state index is 0. The number of amides is 5. The van der Waals surface area contributed by atoms with Crippen LogP contribution in [0.3, 0.4) is 0 Å². The number of hydrogen-bond donors (Lipinski definition) is 4. The van der Waals surface area contributed by atoms with E-state index in [9.17, 15) is 72.3 Å². The molecule has 0 spiro atoms. The first-order valence-electron chi connectivity index (χ1n) is 34.9. The van der Waals surface area contributed by atoms with Crippen molar-refractivity contribution in [1.82, 2.24) is 59.6 Å². The molecule has 3 aliphatic rings. The lowest BCUT2D eigenvalue weighted by Gasteiger charge is -2.24. The molecule has 0 saturated carbocycles. The van der Waals surface area contributed by atoms with Gasteiger partial charge >= 0.3 is 53.9 Å². The lowest BCUT2D eigenvalue weighted by molar-refractivity contribution is -0.384. The highest BCUT2D eigenvalue weighted by atomic mass is 35.5. The van der Waals surface area contributed by atoms with Crippen molar-refractivity contribution in [1.29, 1.82) is 0 Å². The lowest BCUT2D eigenvalue weighted by Crippen LogP contribution is -2.39. The summed E-state index contributed by atoms with van der Waals surface area (Å²) in [6.45, 7) is 16.0. The Morgan fingerprint density at radius 1 is 0.571 bits per heavy atom. The van der Waals surface area contributed by atoms with E-state index < -0.39 is 62.4 Å². The van der Waals surface area contributed by atoms with Crippen LogP contribution >= 0.6 is 57.2 Å². The highest BCUT2D eigenvalue weighted by Gasteiger charge is 2.45. The molecule has 13 rings (SSSR count). The van der Waals surface area contributed by atoms with Crippen molar-refractivity contribution in [2.24, 2.45) is 0 Å². The van der Waals surface area contributed by atoms with Gasteiger partial charge in [-0.15, -0.1) is 22.7 Å². The van der Waals surface area contributed by atoms with Gasteiger partial charge in [-0.05, 0) is 131 Å². The second-order valence-electron chi connectivity index (χ2n) is 26.3. The number of benzene rings is 1. The third-order valence-electron chi connectivity index (χ3n) is 15.2. The molecule has 630 valence electrons. The van der Waals surface area contributed by atoms with Crippen LogP contribution in [-0.4, -0.2) is 183 Å². The Morgan fingerprint density at radius 2 is 1.01 bits per heavy atom. The number of thiophene rings is 3. The van der Waals surface area contributed by atoms with Gasteiger partial charge < -0.3 is 50.4 Å². The van der Waals surface area contributed by atoms with E-state index >= 15 is 0 Å². The number of ether oxygens (including phenoxy) is 3. The molecular weight excluding hydrogens is 1660 g/mol. The van der Waals surface area contributed by atoms with Crippen molar-refractivity contribution >= 4 is 145 Å². The summed E-state index contributed by atoms with van der Waals surface area (Å²) in [6.07, 6.45) is 7.90. The molecule has 44 heteroatoms. The van der Waals surface area contributed by atoms with Crippen LogP contribution in [-0.2, 0) is 23.9 Å². The van der Waals surface area contributed by atoms with Gasteiger partial charge in [-0.1, -0.05) is 67.6 Å². The van der Waals surface area contributed by atoms with Crippen LogP contribution < -0.4 is 25.9 Å². The van der Waals surface area contributed by atoms with Gasteiger partial charge in [0.05, 0.1) is 42.5 Å². The Balaban J connectivity index is 0.000000245. The minimum Gasteiger partial charge on any atom is -0.444 e. The topological polar surface area (TPSA) is 481 Å². The van der Waals surface area contributed by atoms with Gasteiger partial charge in [-0.25, -0.2) is 64.1 Å². The average Bonchev–Trinajstić information content (AvgIpc) is 1.59. The third-order valence-corrected chi connectivity index (χ3v) is 18.2. The second kappa shape index (κ2) is 46.5. The van der Waals surface area contributed by atoms with Gasteiger partial charge in [0.2, 0.25) is 29.3 Å². The summed E-state index contributed by atoms with van der Waals surface area (Å²) in [4.78, 5) is 141. The van der Waals surface area contributed by atoms with Crippen LogP contribution in [0, 0.1) is 30.3 Å². The molecule has 0 aliphatic carbocycles. The Labute approximate surface area is 702 Å². The zero-order valence-corrected chi connectivity index (χ0v) is 68.1. The largest absolute Gasteiger partial charge is 0.499 e. The van der Waals surface area contributed by atoms with Gasteiger partial charge in [0.1, 0.15) is 33.8 Å². The number of carbonyl (C=O) groups excluding carboxylic acids is 6. The summed E-state index contributed by atoms with van der Waals surface area (Å²) in [7, 11) is -1.30. The average molecular weight is 1740 g/mol. The predicted molar refractivity (Wildman–Crippen MR) is 443 cm³/mol. The predicted octanol–water partition coefficient (Wildman–Crippen LogP) is 14.3. The first-order valence-corrected chi connectivity index (χ1v) is 38.2. The van der Waals surface area contributed by atoms with Crippen LogP contribution in [0.15, 0.2) is 181 Å². The second-order valence-corrected chi connectivity index (χ2v) is 29.9. The highest BCUT2D eigenvalue weighted by Crippen LogP contribution is 2.34. The van der Waals surface area contributed by atoms with E-state index in [1.54, 1.807) is 107 Å². The van der Waals surface area contributed by atoms with E-state index in [0.29, 0.717) is 71.1 Å². The summed E-state index contributed by atoms with van der Waals surface area (Å²) < 4.78 is 52.4. The number of imide groups is 1. The molecule has 2 unspecified atom stereocenters. The monoisotopic (exact) mass is 1740 g/mol. The SMILES string of the molecule is C.CC(=O)N(C(C)=O)c1nc(-c2cccs2)ccc1[N+](=O)[O-].CC(C)(C)OC(=O)N1CC=C(c2ncccn2)C1.CC(C)(C)OC(=O)N1CCC(c2ncccn2)C1.Nc1nc(-c2cccs2)ccc1[N+](=O)[O-].Nc1nc(Cl)ccc1[N+](=O)[O-].O=C(Cl)Oc1ccccc1.O=C(N1CCC(c2ncccn2)C1)C(F)(F)F.OB(O)c1cccs1. The number of nitrogens with two attached hydrogens (primary N) is 2. The van der Waals surface area contributed by atoms with Crippen molar-refractivity contribution in [3.8, 4) is 26.9 Å². The first kappa shape index (κ1) is 97.1. The number of anilines is 3. The van der Waals surface area contributed by atoms with Gasteiger partial charge in [-0.2, -0.15) is 24.5 Å². The fourth-order valence-corrected chi connectivity index (χ4v) is 12.3. The fourth-order valence-electron chi connectivity index (χ4n) is 10.1. The molecule has 1 aromatic carbocycles. The molecule has 0 radical (unpaired) electrons. The summed E-state index contributed by atoms with van der Waals surface area (Å²) in [5, 5.41) is 54.4. The summed E-state index contributed by atoms with van der Waals surface area (Å²) in [5.74, 6) is -1.06. The van der Waals surface area contributed by atoms with Crippen molar-refractivity contribution < 1.29 is 81.0 Å². The zero-order valence-electron chi connectivity index (χ0n) is 64.2. The highest BCUT2D eigenvalue weighted by molar-refractivity contribution is 7.20. The number of rotatable bonds is 11. The standard InChI is InChI=1S/C13H11N3O4S.C13H19N3O2.C13H17N3O2.C10H10F3N3O.C9H7N3O2S.C7H5ClO2.C5H4ClN3O2.C4H5BO2S.CH4/c1-8(17)15(9(2)18)13-11(16(19)20)6-5-10(14-13)12-4-3-7-21-12;2*1-13(2,3)18-12(17)16-8-5-10(9-16)11-14-6-4-7-15-11;11-10(12,13)9(17)16-5-2-7(6-16)8-14-3-1-4-15-8;10-9-7(12(13)14)4-3-6(11-9)8-2-1-5-15-8;8-7(9)10-6-4-2-1-3-5-6;6-4-2-1-3(9(10)11)5(7)8-4;6-5(7)4-2-1-3-8-4;/h3-7H,1-2H3;4,6-7,10H,5,8-9H2,1-3H3;4-7H,8-9H2,1-3H3;1,3-4,7H,2,5-6H2;1-5H,(H2,10,11);1-5H;1-2H,(H2,7,8);1-3,6-7H;1H4. The number of aromatic nitrogens is 9. The number of nitro groups is 3. The maximum atomic E-state index is 12.2. The maximum absolute atomic E-state index is 12.2. The van der Waals surface area contributed by atoms with E-state index in [-0.39, 0.29) is 84.2 Å². The molecule has 6 N–H and O–H groups in total. The summed E-state index contributed by atoms with van der Waals surface area (Å²) in [5.41, 5.74) is 10.3. The zero-order chi connectivity index (χ0) is 87.0.